The van der Waals surface area contributed by atoms with Crippen LogP contribution >= 0.6 is 0 Å². The van der Waals surface area contributed by atoms with Crippen molar-refractivity contribution in [3.8, 4) is 11.5 Å². The van der Waals surface area contributed by atoms with Crippen molar-refractivity contribution in [2.75, 3.05) is 40.2 Å². The summed E-state index contributed by atoms with van der Waals surface area (Å²) in [6, 6.07) is 3.29. The van der Waals surface area contributed by atoms with E-state index in [0.29, 0.717) is 22.7 Å². The number of likely N-dealkylation sites (tertiary alicyclic amines) is 1. The van der Waals surface area contributed by atoms with Crippen molar-refractivity contribution >= 4 is 11.6 Å². The molecule has 0 radical (unpaired) electrons. The van der Waals surface area contributed by atoms with Gasteiger partial charge in [0.15, 0.2) is 11.5 Å². The van der Waals surface area contributed by atoms with Crippen molar-refractivity contribution in [3.05, 3.63) is 17.7 Å². The fourth-order valence-electron chi connectivity index (χ4n) is 2.35. The van der Waals surface area contributed by atoms with E-state index in [4.69, 9.17) is 20.3 Å². The average molecular weight is 326 g/mol. The lowest BCUT2D eigenvalue weighted by molar-refractivity contribution is 0.0725. The maximum atomic E-state index is 12.4. The summed E-state index contributed by atoms with van der Waals surface area (Å²) in [5.74, 6) is 1.03. The van der Waals surface area contributed by atoms with Gasteiger partial charge in [0, 0.05) is 32.0 Å². The highest BCUT2D eigenvalue weighted by Crippen LogP contribution is 2.32. The van der Waals surface area contributed by atoms with Gasteiger partial charge >= 0.3 is 0 Å². The first kappa shape index (κ1) is 21.0. The number of carbonyl (C=O) groups is 1. The zero-order chi connectivity index (χ0) is 17.8. The zero-order valence-corrected chi connectivity index (χ0v) is 14.9. The molecule has 23 heavy (non-hydrogen) atoms. The monoisotopic (exact) mass is 326 g/mol. The number of aliphatic hydroxyl groups excluding tert-OH is 1. The molecule has 0 aliphatic carbocycles. The van der Waals surface area contributed by atoms with E-state index in [0.717, 1.165) is 33.0 Å². The first-order valence-electron chi connectivity index (χ1n) is 7.93. The predicted octanol–water partition coefficient (Wildman–Crippen LogP) is 2.55. The number of benzene rings is 1. The molecule has 0 atom stereocenters. The van der Waals surface area contributed by atoms with Crippen molar-refractivity contribution < 1.29 is 19.4 Å². The number of rotatable bonds is 3. The SMILES string of the molecule is CC.CO.COc1cc(N)c(C(=O)N2CCCCC2)cc1OC. The van der Waals surface area contributed by atoms with Gasteiger partial charge in [-0.05, 0) is 25.3 Å². The summed E-state index contributed by atoms with van der Waals surface area (Å²) in [7, 11) is 4.09. The van der Waals surface area contributed by atoms with Crippen LogP contribution in [0.5, 0.6) is 11.5 Å². The largest absolute Gasteiger partial charge is 0.493 e. The molecule has 0 aromatic heterocycles. The van der Waals surface area contributed by atoms with E-state index in [1.807, 2.05) is 18.7 Å². The number of amides is 1. The summed E-state index contributed by atoms with van der Waals surface area (Å²) in [6.07, 6.45) is 3.29. The molecule has 1 fully saturated rings. The summed E-state index contributed by atoms with van der Waals surface area (Å²) in [4.78, 5) is 14.3. The molecule has 0 saturated carbocycles. The third kappa shape index (κ3) is 5.63. The Morgan fingerprint density at radius 3 is 2.00 bits per heavy atom. The molecule has 1 aromatic rings. The highest BCUT2D eigenvalue weighted by atomic mass is 16.5. The maximum absolute atomic E-state index is 12.4. The minimum Gasteiger partial charge on any atom is -0.493 e. The Balaban J connectivity index is 0.00000112. The van der Waals surface area contributed by atoms with E-state index >= 15 is 0 Å². The number of anilines is 1. The first-order valence-corrected chi connectivity index (χ1v) is 7.93. The molecule has 0 unspecified atom stereocenters. The van der Waals surface area contributed by atoms with Crippen molar-refractivity contribution in [2.24, 2.45) is 0 Å². The van der Waals surface area contributed by atoms with Crippen LogP contribution < -0.4 is 15.2 Å². The first-order chi connectivity index (χ1) is 11.2. The second-order valence-corrected chi connectivity index (χ2v) is 4.65. The fraction of sp³-hybridized carbons (Fsp3) is 0.588. The van der Waals surface area contributed by atoms with Crippen molar-refractivity contribution in [3.63, 3.8) is 0 Å². The van der Waals surface area contributed by atoms with Gasteiger partial charge in [-0.3, -0.25) is 4.79 Å². The molecule has 3 N–H and O–H groups in total. The smallest absolute Gasteiger partial charge is 0.256 e. The molecule has 132 valence electrons. The van der Waals surface area contributed by atoms with E-state index in [2.05, 4.69) is 0 Å². The molecular weight excluding hydrogens is 296 g/mol. The standard InChI is InChI=1S/C14H20N2O3.C2H6.CH4O/c1-18-12-8-10(11(15)9-13(12)19-2)14(17)16-6-4-3-5-7-16;2*1-2/h8-9H,3-7,15H2,1-2H3;1-2H3;2H,1H3. The number of methoxy groups -OCH3 is 2. The number of nitrogens with two attached hydrogens (primary N) is 1. The van der Waals surface area contributed by atoms with Crippen LogP contribution in [-0.2, 0) is 0 Å². The van der Waals surface area contributed by atoms with Crippen molar-refractivity contribution in [2.45, 2.75) is 33.1 Å². The number of carbonyl (C=O) groups excluding carboxylic acids is 1. The van der Waals surface area contributed by atoms with Crippen LogP contribution in [0.4, 0.5) is 5.69 Å². The lowest BCUT2D eigenvalue weighted by Gasteiger charge is -2.27. The highest BCUT2D eigenvalue weighted by Gasteiger charge is 2.22. The van der Waals surface area contributed by atoms with Crippen LogP contribution in [0.15, 0.2) is 12.1 Å². The fourth-order valence-corrected chi connectivity index (χ4v) is 2.35. The molecule has 1 aliphatic rings. The van der Waals surface area contributed by atoms with Gasteiger partial charge in [-0.2, -0.15) is 0 Å². The zero-order valence-electron chi connectivity index (χ0n) is 14.9. The van der Waals surface area contributed by atoms with E-state index < -0.39 is 0 Å². The van der Waals surface area contributed by atoms with E-state index in [9.17, 15) is 4.79 Å². The quantitative estimate of drug-likeness (QED) is 0.834. The second kappa shape index (κ2) is 11.6. The normalized spacial score (nSPS) is 13.0. The van der Waals surface area contributed by atoms with Gasteiger partial charge in [-0.1, -0.05) is 13.8 Å². The Labute approximate surface area is 139 Å². The van der Waals surface area contributed by atoms with Gasteiger partial charge in [-0.25, -0.2) is 0 Å². The molecule has 1 aromatic carbocycles. The van der Waals surface area contributed by atoms with Gasteiger partial charge in [0.1, 0.15) is 0 Å². The van der Waals surface area contributed by atoms with Gasteiger partial charge in [0.05, 0.1) is 19.8 Å². The molecule has 1 aliphatic heterocycles. The molecule has 6 heteroatoms. The van der Waals surface area contributed by atoms with Crippen molar-refractivity contribution in [1.29, 1.82) is 0 Å². The second-order valence-electron chi connectivity index (χ2n) is 4.65. The van der Waals surface area contributed by atoms with Crippen LogP contribution in [0, 0.1) is 0 Å². The third-order valence-electron chi connectivity index (χ3n) is 3.43. The van der Waals surface area contributed by atoms with Crippen LogP contribution in [0.3, 0.4) is 0 Å². The number of hydrogen-bond acceptors (Lipinski definition) is 5. The summed E-state index contributed by atoms with van der Waals surface area (Å²) >= 11 is 0. The number of piperidine rings is 1. The minimum atomic E-state index is -0.0295. The Hall–Kier alpha value is -1.95. The van der Waals surface area contributed by atoms with Gasteiger partial charge in [-0.15, -0.1) is 0 Å². The average Bonchev–Trinajstić information content (AvgIpc) is 2.65. The Bertz CT molecular complexity index is 472. The Morgan fingerprint density at radius 2 is 1.52 bits per heavy atom. The maximum Gasteiger partial charge on any atom is 0.256 e. The van der Waals surface area contributed by atoms with Crippen LogP contribution in [0.1, 0.15) is 43.5 Å². The number of nitrogens with zero attached hydrogens (tertiary/aromatic N) is 1. The topological polar surface area (TPSA) is 85.0 Å². The summed E-state index contributed by atoms with van der Waals surface area (Å²) < 4.78 is 10.4. The molecule has 0 spiro atoms. The molecule has 2 rings (SSSR count). The predicted molar refractivity (Wildman–Crippen MR) is 93.2 cm³/mol. The van der Waals surface area contributed by atoms with Gasteiger partial charge in [0.2, 0.25) is 0 Å². The van der Waals surface area contributed by atoms with Crippen LogP contribution in [0.2, 0.25) is 0 Å². The summed E-state index contributed by atoms with van der Waals surface area (Å²) in [5, 5.41) is 7.00. The van der Waals surface area contributed by atoms with Crippen molar-refractivity contribution in [1.82, 2.24) is 4.90 Å². The van der Waals surface area contributed by atoms with Crippen LogP contribution in [0.25, 0.3) is 0 Å². The molecule has 1 saturated heterocycles. The summed E-state index contributed by atoms with van der Waals surface area (Å²) in [5.41, 5.74) is 6.86. The molecular formula is C17H30N2O4. The minimum absolute atomic E-state index is 0.0295. The Morgan fingerprint density at radius 1 is 1.04 bits per heavy atom. The summed E-state index contributed by atoms with van der Waals surface area (Å²) in [6.45, 7) is 5.60. The molecule has 1 heterocycles. The lowest BCUT2D eigenvalue weighted by atomic mass is 10.1. The number of nitrogen functional groups attached to an aromatic ring is 1. The highest BCUT2D eigenvalue weighted by molar-refractivity contribution is 6.00. The third-order valence-corrected chi connectivity index (χ3v) is 3.43. The molecule has 1 amide bonds. The Kier molecular flexibility index (Phi) is 10.6. The lowest BCUT2D eigenvalue weighted by Crippen LogP contribution is -2.36. The van der Waals surface area contributed by atoms with Crippen LogP contribution in [-0.4, -0.2) is 50.3 Å². The number of hydrogen-bond donors (Lipinski definition) is 2. The van der Waals surface area contributed by atoms with Gasteiger partial charge in [0.25, 0.3) is 5.91 Å². The van der Waals surface area contributed by atoms with Gasteiger partial charge < -0.3 is 25.2 Å². The number of aliphatic hydroxyl groups is 1. The van der Waals surface area contributed by atoms with E-state index in [1.165, 1.54) is 6.42 Å². The van der Waals surface area contributed by atoms with E-state index in [1.54, 1.807) is 26.4 Å². The molecule has 0 bridgehead atoms. The number of ether oxygens (including phenoxy) is 2. The van der Waals surface area contributed by atoms with E-state index in [-0.39, 0.29) is 5.91 Å². The molecule has 6 nitrogen and oxygen atoms in total.